The van der Waals surface area contributed by atoms with Gasteiger partial charge in [-0.05, 0) is 36.1 Å². The number of nitrogens with zero attached hydrogens (tertiary/aromatic N) is 4. The van der Waals surface area contributed by atoms with Gasteiger partial charge in [0.25, 0.3) is 5.91 Å². The Morgan fingerprint density at radius 1 is 1.26 bits per heavy atom. The average Bonchev–Trinajstić information content (AvgIpc) is 2.96. The topological polar surface area (TPSA) is 139 Å². The number of aryl methyl sites for hydroxylation is 2. The number of hydrogen-bond acceptors (Lipinski definition) is 7. The van der Waals surface area contributed by atoms with E-state index in [1.54, 1.807) is 30.1 Å². The predicted octanol–water partition coefficient (Wildman–Crippen LogP) is 1.10. The number of aromatic hydroxyl groups is 2. The monoisotopic (exact) mass is 366 g/mol. The number of amides is 1. The summed E-state index contributed by atoms with van der Waals surface area (Å²) in [5.41, 5.74) is 9.67. The minimum Gasteiger partial charge on any atom is -0.508 e. The van der Waals surface area contributed by atoms with Gasteiger partial charge in [-0.2, -0.15) is 5.10 Å². The normalized spacial score (nSPS) is 12.3. The number of aromatic nitrogens is 4. The van der Waals surface area contributed by atoms with Crippen molar-refractivity contribution in [1.29, 1.82) is 0 Å². The van der Waals surface area contributed by atoms with E-state index in [1.165, 1.54) is 6.07 Å². The summed E-state index contributed by atoms with van der Waals surface area (Å²) in [7, 11) is 1.76. The van der Waals surface area contributed by atoms with E-state index in [1.807, 2.05) is 0 Å². The number of fused-ring (bicyclic) bond motifs is 3. The number of rotatable bonds is 4. The van der Waals surface area contributed by atoms with Gasteiger partial charge in [0.15, 0.2) is 5.69 Å². The molecule has 0 aliphatic heterocycles. The summed E-state index contributed by atoms with van der Waals surface area (Å²) in [6.45, 7) is 0.325. The van der Waals surface area contributed by atoms with Gasteiger partial charge < -0.3 is 21.3 Å². The first-order chi connectivity index (χ1) is 12.9. The van der Waals surface area contributed by atoms with Crippen LogP contribution in [-0.4, -0.2) is 35.9 Å². The van der Waals surface area contributed by atoms with Crippen LogP contribution in [0.2, 0.25) is 0 Å². The molecule has 1 aromatic carbocycles. The van der Waals surface area contributed by atoms with E-state index >= 15 is 0 Å². The summed E-state index contributed by atoms with van der Waals surface area (Å²) in [4.78, 5) is 20.6. The number of phenolic OH excluding ortho intramolecular Hbond substituents is 2. The molecule has 9 nitrogen and oxygen atoms in total. The summed E-state index contributed by atoms with van der Waals surface area (Å²) in [6.07, 6.45) is 3.12. The molecule has 4 rings (SSSR count). The lowest BCUT2D eigenvalue weighted by atomic mass is 9.93. The van der Waals surface area contributed by atoms with Crippen molar-refractivity contribution in [2.45, 2.75) is 19.4 Å². The van der Waals surface area contributed by atoms with E-state index in [-0.39, 0.29) is 17.2 Å². The van der Waals surface area contributed by atoms with Crippen LogP contribution in [-0.2, 0) is 26.4 Å². The van der Waals surface area contributed by atoms with Gasteiger partial charge in [-0.15, -0.1) is 0 Å². The second-order valence-corrected chi connectivity index (χ2v) is 6.44. The van der Waals surface area contributed by atoms with Crippen molar-refractivity contribution < 1.29 is 15.0 Å². The summed E-state index contributed by atoms with van der Waals surface area (Å²) in [6, 6.07) is 4.35. The number of carbonyl (C=O) groups excluding carboxylic acids is 1. The fraction of sp³-hybridized carbons (Fsp3) is 0.222. The van der Waals surface area contributed by atoms with Crippen molar-refractivity contribution in [3.63, 3.8) is 0 Å². The van der Waals surface area contributed by atoms with Gasteiger partial charge in [-0.1, -0.05) is 0 Å². The number of anilines is 1. The van der Waals surface area contributed by atoms with E-state index in [9.17, 15) is 15.0 Å². The predicted molar refractivity (Wildman–Crippen MR) is 97.3 cm³/mol. The van der Waals surface area contributed by atoms with Crippen LogP contribution in [0, 0.1) is 0 Å². The molecule has 138 valence electrons. The van der Waals surface area contributed by atoms with Crippen molar-refractivity contribution in [3.8, 4) is 22.9 Å². The molecule has 1 aliphatic rings. The minimum absolute atomic E-state index is 0.0170. The lowest BCUT2D eigenvalue weighted by Crippen LogP contribution is -2.16. The maximum absolute atomic E-state index is 11.6. The second-order valence-electron chi connectivity index (χ2n) is 6.44. The Kier molecular flexibility index (Phi) is 3.91. The molecule has 0 spiro atoms. The first kappa shape index (κ1) is 16.8. The Balaban J connectivity index is 1.65. The molecular formula is C18H18N6O3. The Hall–Kier alpha value is -3.62. The Morgan fingerprint density at radius 2 is 2.00 bits per heavy atom. The fourth-order valence-electron chi connectivity index (χ4n) is 3.38. The van der Waals surface area contributed by atoms with Gasteiger partial charge in [-0.3, -0.25) is 9.48 Å². The van der Waals surface area contributed by atoms with Crippen LogP contribution < -0.4 is 11.1 Å². The van der Waals surface area contributed by atoms with Crippen LogP contribution in [0.5, 0.6) is 11.5 Å². The molecule has 0 saturated carbocycles. The smallest absolute Gasteiger partial charge is 0.269 e. The first-order valence-electron chi connectivity index (χ1n) is 8.40. The zero-order valence-corrected chi connectivity index (χ0v) is 14.6. The molecule has 0 fully saturated rings. The number of benzene rings is 1. The van der Waals surface area contributed by atoms with Gasteiger partial charge in [-0.25, -0.2) is 9.97 Å². The molecule has 9 heteroatoms. The van der Waals surface area contributed by atoms with Crippen molar-refractivity contribution in [1.82, 2.24) is 19.7 Å². The highest BCUT2D eigenvalue weighted by Gasteiger charge is 2.27. The van der Waals surface area contributed by atoms with Gasteiger partial charge in [0.1, 0.15) is 11.5 Å². The summed E-state index contributed by atoms with van der Waals surface area (Å²) in [5.74, 6) is -0.189. The van der Waals surface area contributed by atoms with Gasteiger partial charge in [0, 0.05) is 31.4 Å². The quantitative estimate of drug-likeness (QED) is 0.542. The number of nitrogens with one attached hydrogen (secondary N) is 1. The Morgan fingerprint density at radius 3 is 2.70 bits per heavy atom. The third-order valence-corrected chi connectivity index (χ3v) is 4.52. The number of nitrogens with two attached hydrogens (primary N) is 1. The van der Waals surface area contributed by atoms with Crippen LogP contribution in [0.25, 0.3) is 11.4 Å². The van der Waals surface area contributed by atoms with Crippen molar-refractivity contribution in [3.05, 3.63) is 46.8 Å². The van der Waals surface area contributed by atoms with Crippen LogP contribution in [0.1, 0.15) is 27.2 Å². The fourth-order valence-corrected chi connectivity index (χ4v) is 3.38. The molecule has 2 aromatic heterocycles. The highest BCUT2D eigenvalue weighted by Crippen LogP contribution is 2.33. The number of primary amides is 1. The third kappa shape index (κ3) is 3.03. The number of carbonyl (C=O) groups is 1. The molecule has 0 radical (unpaired) electrons. The average molecular weight is 366 g/mol. The molecule has 0 saturated heterocycles. The van der Waals surface area contributed by atoms with Gasteiger partial charge >= 0.3 is 0 Å². The molecule has 1 amide bonds. The summed E-state index contributed by atoms with van der Waals surface area (Å²) < 4.78 is 1.62. The third-order valence-electron chi connectivity index (χ3n) is 4.52. The van der Waals surface area contributed by atoms with Crippen LogP contribution >= 0.6 is 0 Å². The minimum atomic E-state index is -0.550. The van der Waals surface area contributed by atoms with Gasteiger partial charge in [0.2, 0.25) is 5.95 Å². The highest BCUT2D eigenvalue weighted by atomic mass is 16.3. The van der Waals surface area contributed by atoms with E-state index in [0.717, 1.165) is 22.5 Å². The Bertz CT molecular complexity index is 1040. The lowest BCUT2D eigenvalue weighted by molar-refractivity contribution is 0.0994. The molecule has 27 heavy (non-hydrogen) atoms. The first-order valence-corrected chi connectivity index (χ1v) is 8.40. The highest BCUT2D eigenvalue weighted by molar-refractivity contribution is 5.94. The maximum Gasteiger partial charge on any atom is 0.269 e. The molecule has 0 atom stereocenters. The second kappa shape index (κ2) is 6.27. The zero-order valence-electron chi connectivity index (χ0n) is 14.6. The Labute approximate surface area is 154 Å². The molecule has 0 unspecified atom stereocenters. The van der Waals surface area contributed by atoms with E-state index in [4.69, 9.17) is 5.73 Å². The molecule has 1 aliphatic carbocycles. The van der Waals surface area contributed by atoms with E-state index in [2.05, 4.69) is 20.4 Å². The SMILES string of the molecule is Cn1nc(C(N)=O)c2c1-c1nc(NCc3cc(O)cc(O)c3)ncc1CC2. The molecule has 0 bridgehead atoms. The van der Waals surface area contributed by atoms with E-state index in [0.29, 0.717) is 30.9 Å². The molecular weight excluding hydrogens is 348 g/mol. The summed E-state index contributed by atoms with van der Waals surface area (Å²) in [5, 5.41) is 26.5. The van der Waals surface area contributed by atoms with Crippen molar-refractivity contribution in [2.24, 2.45) is 12.8 Å². The lowest BCUT2D eigenvalue weighted by Gasteiger charge is -2.17. The summed E-state index contributed by atoms with van der Waals surface area (Å²) >= 11 is 0. The molecule has 3 aromatic rings. The molecule has 5 N–H and O–H groups in total. The molecule has 2 heterocycles. The number of hydrogen-bond donors (Lipinski definition) is 4. The van der Waals surface area contributed by atoms with E-state index < -0.39 is 5.91 Å². The van der Waals surface area contributed by atoms with Crippen molar-refractivity contribution >= 4 is 11.9 Å². The standard InChI is InChI=1S/C18H18N6O3/c1-24-16-13(15(23-24)17(19)27)3-2-10-8-21-18(22-14(10)16)20-7-9-4-11(25)6-12(26)5-9/h4-6,8,25-26H,2-3,7H2,1H3,(H2,19,27)(H,20,21,22). The van der Waals surface area contributed by atoms with Crippen LogP contribution in [0.15, 0.2) is 24.4 Å². The van der Waals surface area contributed by atoms with Crippen molar-refractivity contribution in [2.75, 3.05) is 5.32 Å². The number of phenols is 2. The van der Waals surface area contributed by atoms with Crippen LogP contribution in [0.3, 0.4) is 0 Å². The van der Waals surface area contributed by atoms with Gasteiger partial charge in [0.05, 0.1) is 11.4 Å². The maximum atomic E-state index is 11.6. The zero-order chi connectivity index (χ0) is 19.1. The van der Waals surface area contributed by atoms with Crippen LogP contribution in [0.4, 0.5) is 5.95 Å². The largest absolute Gasteiger partial charge is 0.508 e.